The highest BCUT2D eigenvalue weighted by Gasteiger charge is 2.16. The summed E-state index contributed by atoms with van der Waals surface area (Å²) in [4.78, 5) is 12.6. The van der Waals surface area contributed by atoms with Crippen molar-refractivity contribution in [3.63, 3.8) is 0 Å². The number of nitrogens with two attached hydrogens (primary N) is 1. The first kappa shape index (κ1) is 15.1. The van der Waals surface area contributed by atoms with Crippen LogP contribution in [0.25, 0.3) is 10.1 Å². The smallest absolute Gasteiger partial charge is 0.263 e. The second kappa shape index (κ2) is 6.92. The number of amides is 1. The van der Waals surface area contributed by atoms with E-state index in [0.29, 0.717) is 22.1 Å². The van der Waals surface area contributed by atoms with Gasteiger partial charge in [-0.2, -0.15) is 0 Å². The Morgan fingerprint density at radius 3 is 2.90 bits per heavy atom. The maximum absolute atomic E-state index is 12.1. The second-order valence-electron chi connectivity index (χ2n) is 4.53. The molecule has 0 saturated heterocycles. The number of benzene rings is 1. The zero-order valence-corrected chi connectivity index (χ0v) is 12.6. The topological polar surface area (TPSA) is 75.4 Å². The van der Waals surface area contributed by atoms with Crippen LogP contribution in [0.1, 0.15) is 28.9 Å². The predicted molar refractivity (Wildman–Crippen MR) is 84.5 cm³/mol. The number of thiophene rings is 1. The molecule has 0 aliphatic rings. The van der Waals surface area contributed by atoms with Gasteiger partial charge in [-0.05, 0) is 37.5 Å². The number of unbranched alkanes of at least 4 members (excludes halogenated alkanes) is 2. The van der Waals surface area contributed by atoms with Crippen molar-refractivity contribution < 1.29 is 9.90 Å². The highest BCUT2D eigenvalue weighted by atomic mass is 35.5. The van der Waals surface area contributed by atoms with Gasteiger partial charge in [0.05, 0.1) is 5.69 Å². The molecule has 0 bridgehead atoms. The third-order valence-electron chi connectivity index (χ3n) is 3.02. The molecule has 0 spiro atoms. The van der Waals surface area contributed by atoms with Gasteiger partial charge in [0.1, 0.15) is 4.88 Å². The van der Waals surface area contributed by atoms with Gasteiger partial charge in [-0.15, -0.1) is 11.3 Å². The van der Waals surface area contributed by atoms with Gasteiger partial charge in [0.2, 0.25) is 0 Å². The maximum Gasteiger partial charge on any atom is 0.263 e. The van der Waals surface area contributed by atoms with Gasteiger partial charge in [0, 0.05) is 28.3 Å². The lowest BCUT2D eigenvalue weighted by Gasteiger charge is -2.03. The SMILES string of the molecule is Nc1c(C(=O)NCCCCCO)sc2ccc(Cl)cc12. The van der Waals surface area contributed by atoms with Crippen molar-refractivity contribution in [2.24, 2.45) is 0 Å². The van der Waals surface area contributed by atoms with E-state index in [1.165, 1.54) is 11.3 Å². The van der Waals surface area contributed by atoms with E-state index in [9.17, 15) is 4.79 Å². The fourth-order valence-corrected chi connectivity index (χ4v) is 3.15. The first-order valence-corrected chi connectivity index (χ1v) is 7.69. The zero-order valence-electron chi connectivity index (χ0n) is 11.0. The standard InChI is InChI=1S/C14H17ClN2O2S/c15-9-4-5-11-10(8-9)12(16)13(20-11)14(19)17-6-2-1-3-7-18/h4-5,8,18H,1-3,6-7,16H2,(H,17,19). The molecular formula is C14H17ClN2O2S. The van der Waals surface area contributed by atoms with Gasteiger partial charge in [0.15, 0.2) is 0 Å². The van der Waals surface area contributed by atoms with Crippen molar-refractivity contribution in [3.8, 4) is 0 Å². The van der Waals surface area contributed by atoms with Gasteiger partial charge >= 0.3 is 0 Å². The number of nitrogen functional groups attached to an aromatic ring is 1. The molecule has 2 rings (SSSR count). The average molecular weight is 313 g/mol. The van der Waals surface area contributed by atoms with Crippen LogP contribution in [0.3, 0.4) is 0 Å². The van der Waals surface area contributed by atoms with Crippen molar-refractivity contribution in [1.82, 2.24) is 5.32 Å². The van der Waals surface area contributed by atoms with Crippen molar-refractivity contribution >= 4 is 44.6 Å². The highest BCUT2D eigenvalue weighted by Crippen LogP contribution is 2.35. The summed E-state index contributed by atoms with van der Waals surface area (Å²) in [6, 6.07) is 5.44. The third kappa shape index (κ3) is 3.42. The normalized spacial score (nSPS) is 10.9. The predicted octanol–water partition coefficient (Wildman–Crippen LogP) is 3.03. The van der Waals surface area contributed by atoms with Gasteiger partial charge in [-0.1, -0.05) is 11.6 Å². The summed E-state index contributed by atoms with van der Waals surface area (Å²) in [5, 5.41) is 13.0. The van der Waals surface area contributed by atoms with Crippen LogP contribution in [-0.2, 0) is 0 Å². The third-order valence-corrected chi connectivity index (χ3v) is 4.44. The van der Waals surface area contributed by atoms with Gasteiger partial charge in [-0.3, -0.25) is 4.79 Å². The minimum Gasteiger partial charge on any atom is -0.397 e. The number of aliphatic hydroxyl groups is 1. The summed E-state index contributed by atoms with van der Waals surface area (Å²) in [6.45, 7) is 0.783. The van der Waals surface area contributed by atoms with Crippen LogP contribution in [0.2, 0.25) is 5.02 Å². The molecule has 6 heteroatoms. The molecule has 1 aromatic heterocycles. The van der Waals surface area contributed by atoms with E-state index in [2.05, 4.69) is 5.32 Å². The van der Waals surface area contributed by atoms with E-state index in [0.717, 1.165) is 29.3 Å². The summed E-state index contributed by atoms with van der Waals surface area (Å²) in [6.07, 6.45) is 2.51. The number of aliphatic hydroxyl groups excluding tert-OH is 1. The molecule has 1 amide bonds. The summed E-state index contributed by atoms with van der Waals surface area (Å²) in [5.41, 5.74) is 6.51. The van der Waals surface area contributed by atoms with Gasteiger partial charge in [0.25, 0.3) is 5.91 Å². The van der Waals surface area contributed by atoms with Crippen LogP contribution in [-0.4, -0.2) is 24.2 Å². The number of carbonyl (C=O) groups is 1. The van der Waals surface area contributed by atoms with E-state index in [4.69, 9.17) is 22.4 Å². The van der Waals surface area contributed by atoms with E-state index in [1.807, 2.05) is 6.07 Å². The fraction of sp³-hybridized carbons (Fsp3) is 0.357. The Morgan fingerprint density at radius 1 is 1.35 bits per heavy atom. The van der Waals surface area contributed by atoms with Gasteiger partial charge < -0.3 is 16.2 Å². The van der Waals surface area contributed by atoms with Crippen LogP contribution < -0.4 is 11.1 Å². The number of halogens is 1. The van der Waals surface area contributed by atoms with Crippen LogP contribution in [0.5, 0.6) is 0 Å². The largest absolute Gasteiger partial charge is 0.397 e. The first-order chi connectivity index (χ1) is 9.63. The van der Waals surface area contributed by atoms with Crippen LogP contribution >= 0.6 is 22.9 Å². The molecular weight excluding hydrogens is 296 g/mol. The number of hydrogen-bond acceptors (Lipinski definition) is 4. The monoisotopic (exact) mass is 312 g/mol. The maximum atomic E-state index is 12.1. The van der Waals surface area contributed by atoms with Crippen molar-refractivity contribution in [3.05, 3.63) is 28.1 Å². The van der Waals surface area contributed by atoms with Crippen molar-refractivity contribution in [1.29, 1.82) is 0 Å². The Balaban J connectivity index is 2.05. The number of fused-ring (bicyclic) bond motifs is 1. The van der Waals surface area contributed by atoms with Crippen LogP contribution in [0, 0.1) is 0 Å². The van der Waals surface area contributed by atoms with E-state index >= 15 is 0 Å². The number of nitrogens with one attached hydrogen (secondary N) is 1. The number of rotatable bonds is 6. The molecule has 0 fully saturated rings. The number of hydrogen-bond donors (Lipinski definition) is 3. The Kier molecular flexibility index (Phi) is 5.23. The molecule has 0 unspecified atom stereocenters. The van der Waals surface area contributed by atoms with E-state index < -0.39 is 0 Å². The minimum absolute atomic E-state index is 0.149. The summed E-state index contributed by atoms with van der Waals surface area (Å²) >= 11 is 7.31. The lowest BCUT2D eigenvalue weighted by Crippen LogP contribution is -2.24. The molecule has 0 atom stereocenters. The molecule has 1 heterocycles. The fourth-order valence-electron chi connectivity index (χ4n) is 1.95. The van der Waals surface area contributed by atoms with Crippen LogP contribution in [0.15, 0.2) is 18.2 Å². The molecule has 20 heavy (non-hydrogen) atoms. The molecule has 4 N–H and O–H groups in total. The van der Waals surface area contributed by atoms with Crippen LogP contribution in [0.4, 0.5) is 5.69 Å². The Bertz CT molecular complexity index is 612. The van der Waals surface area contributed by atoms with Crippen molar-refractivity contribution in [2.45, 2.75) is 19.3 Å². The second-order valence-corrected chi connectivity index (χ2v) is 6.01. The Labute approximate surface area is 126 Å². The van der Waals surface area contributed by atoms with E-state index in [1.54, 1.807) is 12.1 Å². The molecule has 0 aliphatic carbocycles. The molecule has 1 aromatic carbocycles. The molecule has 4 nitrogen and oxygen atoms in total. The summed E-state index contributed by atoms with van der Waals surface area (Å²) in [7, 11) is 0. The number of anilines is 1. The molecule has 0 aliphatic heterocycles. The van der Waals surface area contributed by atoms with E-state index in [-0.39, 0.29) is 12.5 Å². The summed E-state index contributed by atoms with van der Waals surface area (Å²) in [5.74, 6) is -0.149. The van der Waals surface area contributed by atoms with Gasteiger partial charge in [-0.25, -0.2) is 0 Å². The molecule has 2 aromatic rings. The Hall–Kier alpha value is -1.30. The minimum atomic E-state index is -0.149. The summed E-state index contributed by atoms with van der Waals surface area (Å²) < 4.78 is 0.956. The van der Waals surface area contributed by atoms with Crippen molar-refractivity contribution in [2.75, 3.05) is 18.9 Å². The Morgan fingerprint density at radius 2 is 2.15 bits per heavy atom. The lowest BCUT2D eigenvalue weighted by molar-refractivity contribution is 0.0958. The molecule has 108 valence electrons. The first-order valence-electron chi connectivity index (χ1n) is 6.50. The number of carbonyl (C=O) groups excluding carboxylic acids is 1. The quantitative estimate of drug-likeness (QED) is 0.718. The zero-order chi connectivity index (χ0) is 14.5. The lowest BCUT2D eigenvalue weighted by atomic mass is 10.2. The molecule has 0 saturated carbocycles. The average Bonchev–Trinajstić information content (AvgIpc) is 2.76. The molecule has 0 radical (unpaired) electrons. The highest BCUT2D eigenvalue weighted by molar-refractivity contribution is 7.21.